The zero-order chi connectivity index (χ0) is 14.5. The Bertz CT molecular complexity index is 560. The molecule has 0 bridgehead atoms. The molecule has 0 radical (unpaired) electrons. The van der Waals surface area contributed by atoms with Crippen LogP contribution in [-0.4, -0.2) is 13.6 Å². The van der Waals surface area contributed by atoms with Gasteiger partial charge < -0.3 is 14.6 Å². The van der Waals surface area contributed by atoms with Gasteiger partial charge in [0, 0.05) is 24.8 Å². The van der Waals surface area contributed by atoms with Crippen molar-refractivity contribution in [2.24, 2.45) is 0 Å². The van der Waals surface area contributed by atoms with Crippen molar-refractivity contribution in [1.82, 2.24) is 5.32 Å². The van der Waals surface area contributed by atoms with Gasteiger partial charge >= 0.3 is 0 Å². The summed E-state index contributed by atoms with van der Waals surface area (Å²) < 4.78 is 5.56. The summed E-state index contributed by atoms with van der Waals surface area (Å²) in [5.74, 6) is 1.03. The van der Waals surface area contributed by atoms with Crippen LogP contribution in [-0.2, 0) is 13.1 Å². The Hall–Kier alpha value is -1.74. The first-order chi connectivity index (χ1) is 9.61. The molecule has 0 aliphatic carbocycles. The van der Waals surface area contributed by atoms with E-state index in [1.54, 1.807) is 6.26 Å². The Kier molecular flexibility index (Phi) is 4.85. The number of furan rings is 1. The first-order valence-electron chi connectivity index (χ1n) is 7.16. The summed E-state index contributed by atoms with van der Waals surface area (Å²) >= 11 is 0. The molecule has 20 heavy (non-hydrogen) atoms. The number of anilines is 1. The summed E-state index contributed by atoms with van der Waals surface area (Å²) in [5.41, 5.74) is 5.12. The Balaban J connectivity index is 2.11. The van der Waals surface area contributed by atoms with Crippen molar-refractivity contribution in [2.45, 2.75) is 33.9 Å². The molecule has 2 aromatic rings. The van der Waals surface area contributed by atoms with E-state index < -0.39 is 0 Å². The minimum absolute atomic E-state index is 0.791. The Morgan fingerprint density at radius 3 is 2.70 bits per heavy atom. The van der Waals surface area contributed by atoms with Crippen molar-refractivity contribution in [2.75, 3.05) is 18.5 Å². The SMILES string of the molecule is CCNCc1occc1CN(C)c1ccc(C)cc1C. The third-order valence-corrected chi connectivity index (χ3v) is 3.54. The zero-order valence-electron chi connectivity index (χ0n) is 12.9. The molecule has 3 heteroatoms. The second kappa shape index (κ2) is 6.62. The summed E-state index contributed by atoms with van der Waals surface area (Å²) in [5, 5.41) is 3.31. The van der Waals surface area contributed by atoms with Crippen molar-refractivity contribution < 1.29 is 4.42 Å². The van der Waals surface area contributed by atoms with Gasteiger partial charge in [-0.05, 0) is 38.1 Å². The average molecular weight is 272 g/mol. The monoisotopic (exact) mass is 272 g/mol. The first kappa shape index (κ1) is 14.7. The van der Waals surface area contributed by atoms with Gasteiger partial charge in [-0.1, -0.05) is 24.6 Å². The third kappa shape index (κ3) is 3.42. The molecule has 1 aromatic heterocycles. The summed E-state index contributed by atoms with van der Waals surface area (Å²) in [4.78, 5) is 2.27. The Morgan fingerprint density at radius 1 is 1.20 bits per heavy atom. The van der Waals surface area contributed by atoms with Crippen LogP contribution in [0.2, 0.25) is 0 Å². The van der Waals surface area contributed by atoms with Gasteiger partial charge in [0.15, 0.2) is 0 Å². The number of nitrogens with one attached hydrogen (secondary N) is 1. The van der Waals surface area contributed by atoms with E-state index in [1.165, 1.54) is 22.4 Å². The summed E-state index contributed by atoms with van der Waals surface area (Å²) in [6.07, 6.45) is 1.78. The number of hydrogen-bond acceptors (Lipinski definition) is 3. The lowest BCUT2D eigenvalue weighted by molar-refractivity contribution is 0.482. The number of benzene rings is 1. The normalized spacial score (nSPS) is 10.8. The molecular formula is C17H24N2O. The van der Waals surface area contributed by atoms with Crippen LogP contribution in [0.4, 0.5) is 5.69 Å². The predicted molar refractivity (Wildman–Crippen MR) is 84.1 cm³/mol. The van der Waals surface area contributed by atoms with Crippen LogP contribution in [0.1, 0.15) is 29.4 Å². The maximum Gasteiger partial charge on any atom is 0.122 e. The smallest absolute Gasteiger partial charge is 0.122 e. The summed E-state index contributed by atoms with van der Waals surface area (Å²) in [7, 11) is 2.13. The van der Waals surface area contributed by atoms with Crippen molar-refractivity contribution in [3.8, 4) is 0 Å². The van der Waals surface area contributed by atoms with Crippen molar-refractivity contribution >= 4 is 5.69 Å². The lowest BCUT2D eigenvalue weighted by atomic mass is 10.1. The molecule has 0 amide bonds. The molecule has 0 fully saturated rings. The van der Waals surface area contributed by atoms with Crippen LogP contribution in [0.15, 0.2) is 34.9 Å². The fourth-order valence-corrected chi connectivity index (χ4v) is 2.48. The number of nitrogens with zero attached hydrogens (tertiary/aromatic N) is 1. The van der Waals surface area contributed by atoms with E-state index >= 15 is 0 Å². The number of aryl methyl sites for hydroxylation is 2. The second-order valence-electron chi connectivity index (χ2n) is 5.30. The van der Waals surface area contributed by atoms with E-state index in [2.05, 4.69) is 62.3 Å². The van der Waals surface area contributed by atoms with Crippen LogP contribution >= 0.6 is 0 Å². The summed E-state index contributed by atoms with van der Waals surface area (Å²) in [6, 6.07) is 8.63. The van der Waals surface area contributed by atoms with Gasteiger partial charge in [-0.3, -0.25) is 0 Å². The van der Waals surface area contributed by atoms with Crippen LogP contribution < -0.4 is 10.2 Å². The Labute approximate surface area is 121 Å². The Morgan fingerprint density at radius 2 is 2.00 bits per heavy atom. The third-order valence-electron chi connectivity index (χ3n) is 3.54. The van der Waals surface area contributed by atoms with E-state index in [1.807, 2.05) is 0 Å². The van der Waals surface area contributed by atoms with E-state index in [0.717, 1.165) is 25.4 Å². The highest BCUT2D eigenvalue weighted by Crippen LogP contribution is 2.23. The topological polar surface area (TPSA) is 28.4 Å². The van der Waals surface area contributed by atoms with Gasteiger partial charge in [0.2, 0.25) is 0 Å². The molecule has 0 unspecified atom stereocenters. The van der Waals surface area contributed by atoms with Crippen LogP contribution in [0.3, 0.4) is 0 Å². The first-order valence-corrected chi connectivity index (χ1v) is 7.16. The van der Waals surface area contributed by atoms with Crippen LogP contribution in [0.5, 0.6) is 0 Å². The fourth-order valence-electron chi connectivity index (χ4n) is 2.48. The van der Waals surface area contributed by atoms with Gasteiger partial charge in [-0.2, -0.15) is 0 Å². The van der Waals surface area contributed by atoms with Gasteiger partial charge in [-0.15, -0.1) is 0 Å². The standard InChI is InChI=1S/C17H24N2O/c1-5-18-11-17-15(8-9-20-17)12-19(4)16-7-6-13(2)10-14(16)3/h6-10,18H,5,11-12H2,1-4H3. The molecule has 0 saturated heterocycles. The molecule has 0 atom stereocenters. The molecule has 3 nitrogen and oxygen atoms in total. The highest BCUT2D eigenvalue weighted by Gasteiger charge is 2.10. The van der Waals surface area contributed by atoms with E-state index in [0.29, 0.717) is 0 Å². The minimum atomic E-state index is 0.791. The van der Waals surface area contributed by atoms with Crippen molar-refractivity contribution in [3.63, 3.8) is 0 Å². The fraction of sp³-hybridized carbons (Fsp3) is 0.412. The van der Waals surface area contributed by atoms with E-state index in [9.17, 15) is 0 Å². The average Bonchev–Trinajstić information content (AvgIpc) is 2.83. The van der Waals surface area contributed by atoms with E-state index in [4.69, 9.17) is 4.42 Å². The van der Waals surface area contributed by atoms with Crippen LogP contribution in [0, 0.1) is 13.8 Å². The molecule has 2 rings (SSSR count). The van der Waals surface area contributed by atoms with Gasteiger partial charge in [-0.25, -0.2) is 0 Å². The van der Waals surface area contributed by atoms with Gasteiger partial charge in [0.25, 0.3) is 0 Å². The van der Waals surface area contributed by atoms with Gasteiger partial charge in [0.05, 0.1) is 12.8 Å². The predicted octanol–water partition coefficient (Wildman–Crippen LogP) is 3.64. The molecule has 0 spiro atoms. The quantitative estimate of drug-likeness (QED) is 0.870. The molecule has 1 N–H and O–H groups in total. The molecule has 0 saturated carbocycles. The maximum absolute atomic E-state index is 5.56. The second-order valence-corrected chi connectivity index (χ2v) is 5.30. The number of hydrogen-bond donors (Lipinski definition) is 1. The summed E-state index contributed by atoms with van der Waals surface area (Å²) in [6.45, 7) is 8.99. The van der Waals surface area contributed by atoms with Crippen LogP contribution in [0.25, 0.3) is 0 Å². The molecular weight excluding hydrogens is 248 g/mol. The largest absolute Gasteiger partial charge is 0.468 e. The maximum atomic E-state index is 5.56. The highest BCUT2D eigenvalue weighted by molar-refractivity contribution is 5.54. The molecule has 1 heterocycles. The lowest BCUT2D eigenvalue weighted by Gasteiger charge is -2.21. The van der Waals surface area contributed by atoms with Gasteiger partial charge in [0.1, 0.15) is 5.76 Å². The van der Waals surface area contributed by atoms with Crippen molar-refractivity contribution in [3.05, 3.63) is 53.0 Å². The molecule has 1 aromatic carbocycles. The van der Waals surface area contributed by atoms with Crippen molar-refractivity contribution in [1.29, 1.82) is 0 Å². The van der Waals surface area contributed by atoms with E-state index in [-0.39, 0.29) is 0 Å². The molecule has 0 aliphatic heterocycles. The highest BCUT2D eigenvalue weighted by atomic mass is 16.3. The molecule has 108 valence electrons. The number of rotatable bonds is 6. The lowest BCUT2D eigenvalue weighted by Crippen LogP contribution is -2.19. The zero-order valence-corrected chi connectivity index (χ0v) is 12.9. The molecule has 0 aliphatic rings. The minimum Gasteiger partial charge on any atom is -0.468 e.